The van der Waals surface area contributed by atoms with Crippen molar-refractivity contribution in [2.75, 3.05) is 0 Å². The van der Waals surface area contributed by atoms with Crippen LogP contribution in [-0.2, 0) is 20.1 Å². The number of benzene rings is 1. The van der Waals surface area contributed by atoms with Crippen LogP contribution < -0.4 is 5.32 Å². The summed E-state index contributed by atoms with van der Waals surface area (Å²) in [6.45, 7) is 0.983. The van der Waals surface area contributed by atoms with E-state index in [2.05, 4.69) is 10.4 Å². The van der Waals surface area contributed by atoms with Crippen LogP contribution in [0.4, 0.5) is 4.39 Å². The average Bonchev–Trinajstić information content (AvgIpc) is 2.70. The van der Waals surface area contributed by atoms with Crippen molar-refractivity contribution in [1.29, 1.82) is 0 Å². The van der Waals surface area contributed by atoms with Crippen molar-refractivity contribution in [3.63, 3.8) is 0 Å². The fourth-order valence-electron chi connectivity index (χ4n) is 1.59. The van der Waals surface area contributed by atoms with Crippen LogP contribution >= 0.6 is 0 Å². The normalized spacial score (nSPS) is 10.7. The monoisotopic (exact) mass is 235 g/mol. The van der Waals surface area contributed by atoms with Crippen molar-refractivity contribution < 1.29 is 9.50 Å². The van der Waals surface area contributed by atoms with Gasteiger partial charge in [0.25, 0.3) is 0 Å². The molecule has 0 aliphatic heterocycles. The first-order valence-corrected chi connectivity index (χ1v) is 5.32. The first-order chi connectivity index (χ1) is 8.16. The maximum absolute atomic E-state index is 13.0. The van der Waals surface area contributed by atoms with E-state index in [0.29, 0.717) is 18.7 Å². The number of aromatic hydroxyl groups is 1. The molecular weight excluding hydrogens is 221 g/mol. The number of hydrogen-bond acceptors (Lipinski definition) is 3. The molecule has 1 aromatic carbocycles. The Morgan fingerprint density at radius 1 is 1.35 bits per heavy atom. The molecule has 0 saturated heterocycles. The van der Waals surface area contributed by atoms with E-state index in [4.69, 9.17) is 0 Å². The highest BCUT2D eigenvalue weighted by molar-refractivity contribution is 5.33. The number of halogens is 1. The molecule has 0 atom stereocenters. The second-order valence-electron chi connectivity index (χ2n) is 3.83. The molecule has 0 amide bonds. The first kappa shape index (κ1) is 11.6. The molecule has 0 aliphatic rings. The SMILES string of the molecule is Cn1ccc(CNCc2cccc(F)c2O)n1. The van der Waals surface area contributed by atoms with Gasteiger partial charge in [-0.15, -0.1) is 0 Å². The molecule has 0 spiro atoms. The molecule has 5 heteroatoms. The highest BCUT2D eigenvalue weighted by Crippen LogP contribution is 2.20. The second kappa shape index (κ2) is 4.97. The van der Waals surface area contributed by atoms with Gasteiger partial charge in [-0.1, -0.05) is 12.1 Å². The topological polar surface area (TPSA) is 50.1 Å². The molecule has 0 saturated carbocycles. The van der Waals surface area contributed by atoms with E-state index in [1.54, 1.807) is 16.8 Å². The molecule has 0 aliphatic carbocycles. The van der Waals surface area contributed by atoms with Crippen molar-refractivity contribution in [3.05, 3.63) is 47.5 Å². The summed E-state index contributed by atoms with van der Waals surface area (Å²) in [5.74, 6) is -0.886. The molecule has 90 valence electrons. The van der Waals surface area contributed by atoms with E-state index in [-0.39, 0.29) is 5.75 Å². The Kier molecular flexibility index (Phi) is 3.39. The van der Waals surface area contributed by atoms with Crippen LogP contribution in [0.1, 0.15) is 11.3 Å². The zero-order valence-electron chi connectivity index (χ0n) is 9.52. The first-order valence-electron chi connectivity index (χ1n) is 5.32. The van der Waals surface area contributed by atoms with E-state index in [9.17, 15) is 9.50 Å². The number of nitrogens with one attached hydrogen (secondary N) is 1. The molecule has 2 aromatic rings. The minimum absolute atomic E-state index is 0.291. The summed E-state index contributed by atoms with van der Waals surface area (Å²) >= 11 is 0. The van der Waals surface area contributed by atoms with Crippen LogP contribution in [-0.4, -0.2) is 14.9 Å². The summed E-state index contributed by atoms with van der Waals surface area (Å²) in [5, 5.41) is 16.8. The van der Waals surface area contributed by atoms with Gasteiger partial charge in [-0.05, 0) is 12.1 Å². The lowest BCUT2D eigenvalue weighted by atomic mass is 10.2. The molecule has 1 aromatic heterocycles. The largest absolute Gasteiger partial charge is 0.505 e. The van der Waals surface area contributed by atoms with Crippen molar-refractivity contribution in [1.82, 2.24) is 15.1 Å². The Balaban J connectivity index is 1.92. The van der Waals surface area contributed by atoms with Crippen LogP contribution in [0.25, 0.3) is 0 Å². The lowest BCUT2D eigenvalue weighted by molar-refractivity contribution is 0.423. The van der Waals surface area contributed by atoms with E-state index in [1.807, 2.05) is 19.3 Å². The molecule has 17 heavy (non-hydrogen) atoms. The summed E-state index contributed by atoms with van der Waals surface area (Å²) in [6, 6.07) is 6.40. The summed E-state index contributed by atoms with van der Waals surface area (Å²) < 4.78 is 14.8. The summed E-state index contributed by atoms with van der Waals surface area (Å²) in [6.07, 6.45) is 1.86. The number of aromatic nitrogens is 2. The molecule has 2 N–H and O–H groups in total. The molecule has 1 heterocycles. The van der Waals surface area contributed by atoms with Gasteiger partial charge in [0, 0.05) is 31.9 Å². The van der Waals surface area contributed by atoms with Gasteiger partial charge >= 0.3 is 0 Å². The van der Waals surface area contributed by atoms with Gasteiger partial charge in [0.15, 0.2) is 11.6 Å². The molecule has 0 fully saturated rings. The highest BCUT2D eigenvalue weighted by atomic mass is 19.1. The van der Waals surface area contributed by atoms with Gasteiger partial charge in [0.2, 0.25) is 0 Å². The molecule has 0 unspecified atom stereocenters. The van der Waals surface area contributed by atoms with Gasteiger partial charge in [0.1, 0.15) is 0 Å². The Bertz CT molecular complexity index is 510. The van der Waals surface area contributed by atoms with Gasteiger partial charge in [0.05, 0.1) is 5.69 Å². The Morgan fingerprint density at radius 2 is 2.18 bits per heavy atom. The Hall–Kier alpha value is -1.88. The van der Waals surface area contributed by atoms with Gasteiger partial charge < -0.3 is 10.4 Å². The zero-order chi connectivity index (χ0) is 12.3. The van der Waals surface area contributed by atoms with Crippen LogP contribution in [0.3, 0.4) is 0 Å². The van der Waals surface area contributed by atoms with E-state index < -0.39 is 5.82 Å². The summed E-state index contributed by atoms with van der Waals surface area (Å²) in [5.41, 5.74) is 1.45. The predicted octanol–water partition coefficient (Wildman–Crippen LogP) is 1.55. The third-order valence-electron chi connectivity index (χ3n) is 2.46. The van der Waals surface area contributed by atoms with E-state index in [1.165, 1.54) is 6.07 Å². The summed E-state index contributed by atoms with van der Waals surface area (Å²) in [7, 11) is 1.85. The predicted molar refractivity (Wildman–Crippen MR) is 61.8 cm³/mol. The molecule has 2 rings (SSSR count). The fourth-order valence-corrected chi connectivity index (χ4v) is 1.59. The van der Waals surface area contributed by atoms with Crippen molar-refractivity contribution in [2.45, 2.75) is 13.1 Å². The average molecular weight is 235 g/mol. The van der Waals surface area contributed by atoms with Crippen LogP contribution in [0, 0.1) is 5.82 Å². The standard InChI is InChI=1S/C12H14FN3O/c1-16-6-5-10(15-16)8-14-7-9-3-2-4-11(13)12(9)17/h2-6,14,17H,7-8H2,1H3. The number of phenolic OH excluding ortho intramolecular Hbond substituents is 1. The lowest BCUT2D eigenvalue weighted by Crippen LogP contribution is -2.13. The highest BCUT2D eigenvalue weighted by Gasteiger charge is 2.05. The van der Waals surface area contributed by atoms with Gasteiger partial charge in [-0.3, -0.25) is 4.68 Å². The van der Waals surface area contributed by atoms with E-state index >= 15 is 0 Å². The van der Waals surface area contributed by atoms with E-state index in [0.717, 1.165) is 5.69 Å². The van der Waals surface area contributed by atoms with Crippen molar-refractivity contribution >= 4 is 0 Å². The van der Waals surface area contributed by atoms with Crippen molar-refractivity contribution in [2.24, 2.45) is 7.05 Å². The maximum atomic E-state index is 13.0. The minimum atomic E-state index is -0.595. The number of para-hydroxylation sites is 1. The number of rotatable bonds is 4. The second-order valence-corrected chi connectivity index (χ2v) is 3.83. The summed E-state index contributed by atoms with van der Waals surface area (Å²) in [4.78, 5) is 0. The number of nitrogens with zero attached hydrogens (tertiary/aromatic N) is 2. The molecule has 0 radical (unpaired) electrons. The fraction of sp³-hybridized carbons (Fsp3) is 0.250. The number of aryl methyl sites for hydroxylation is 1. The minimum Gasteiger partial charge on any atom is -0.505 e. The van der Waals surface area contributed by atoms with Crippen LogP contribution in [0.5, 0.6) is 5.75 Å². The Labute approximate surface area is 98.7 Å². The molecular formula is C12H14FN3O. The van der Waals surface area contributed by atoms with Crippen molar-refractivity contribution in [3.8, 4) is 5.75 Å². The Morgan fingerprint density at radius 3 is 2.88 bits per heavy atom. The van der Waals surface area contributed by atoms with Crippen LogP contribution in [0.2, 0.25) is 0 Å². The van der Waals surface area contributed by atoms with Crippen LogP contribution in [0.15, 0.2) is 30.5 Å². The molecule has 4 nitrogen and oxygen atoms in total. The quantitative estimate of drug-likeness (QED) is 0.845. The third-order valence-corrected chi connectivity index (χ3v) is 2.46. The lowest BCUT2D eigenvalue weighted by Gasteiger charge is -2.06. The number of hydrogen-bond donors (Lipinski definition) is 2. The van der Waals surface area contributed by atoms with Gasteiger partial charge in [-0.2, -0.15) is 5.10 Å². The third kappa shape index (κ3) is 2.82. The maximum Gasteiger partial charge on any atom is 0.165 e. The zero-order valence-corrected chi connectivity index (χ0v) is 9.52. The smallest absolute Gasteiger partial charge is 0.165 e. The number of phenols is 1. The molecule has 0 bridgehead atoms. The van der Waals surface area contributed by atoms with Gasteiger partial charge in [-0.25, -0.2) is 4.39 Å².